The molecule has 114 valence electrons. The maximum Gasteiger partial charge on any atom is 0.340 e. The molecule has 0 aliphatic heterocycles. The van der Waals surface area contributed by atoms with Gasteiger partial charge in [0.2, 0.25) is 0 Å². The second-order valence-corrected chi connectivity index (χ2v) is 6.56. The summed E-state index contributed by atoms with van der Waals surface area (Å²) in [7, 11) is -0.234. The van der Waals surface area contributed by atoms with Crippen molar-refractivity contribution in [1.29, 1.82) is 0 Å². The van der Waals surface area contributed by atoms with E-state index < -0.39 is 16.0 Å². The molecule has 9 heteroatoms. The van der Waals surface area contributed by atoms with Crippen LogP contribution in [-0.2, 0) is 10.0 Å². The molecule has 0 bridgehead atoms. The highest BCUT2D eigenvalue weighted by molar-refractivity contribution is 7.89. The van der Waals surface area contributed by atoms with Gasteiger partial charge in [-0.05, 0) is 21.0 Å². The molecular formula is C11H20N4O4S. The molecule has 1 aromatic heterocycles. The highest BCUT2D eigenvalue weighted by Crippen LogP contribution is 2.19. The molecule has 1 rings (SSSR count). The molecule has 0 saturated carbocycles. The van der Waals surface area contributed by atoms with Gasteiger partial charge in [-0.3, -0.25) is 5.10 Å². The smallest absolute Gasteiger partial charge is 0.340 e. The molecule has 0 aliphatic carbocycles. The molecule has 0 aromatic carbocycles. The Labute approximate surface area is 118 Å². The number of aromatic nitrogens is 2. The van der Waals surface area contributed by atoms with E-state index in [9.17, 15) is 13.2 Å². The Morgan fingerprint density at radius 3 is 2.55 bits per heavy atom. The average Bonchev–Trinajstić information content (AvgIpc) is 2.77. The van der Waals surface area contributed by atoms with E-state index in [1.165, 1.54) is 4.31 Å². The number of nitrogens with one attached hydrogen (secondary N) is 1. The van der Waals surface area contributed by atoms with Gasteiger partial charge in [0.25, 0.3) is 10.0 Å². The summed E-state index contributed by atoms with van der Waals surface area (Å²) >= 11 is 0. The third kappa shape index (κ3) is 3.35. The van der Waals surface area contributed by atoms with Gasteiger partial charge < -0.3 is 10.0 Å². The van der Waals surface area contributed by atoms with Crippen LogP contribution in [0.25, 0.3) is 0 Å². The van der Waals surface area contributed by atoms with Gasteiger partial charge in [-0.15, -0.1) is 0 Å². The van der Waals surface area contributed by atoms with E-state index in [-0.39, 0.29) is 23.2 Å². The van der Waals surface area contributed by atoms with E-state index >= 15 is 0 Å². The van der Waals surface area contributed by atoms with Crippen molar-refractivity contribution in [2.75, 3.05) is 27.2 Å². The Bertz CT molecular complexity index is 567. The minimum absolute atomic E-state index is 0.245. The highest BCUT2D eigenvalue weighted by Gasteiger charge is 2.33. The molecule has 1 heterocycles. The van der Waals surface area contributed by atoms with Crippen molar-refractivity contribution in [1.82, 2.24) is 19.4 Å². The first-order chi connectivity index (χ1) is 9.21. The second-order valence-electron chi connectivity index (χ2n) is 4.74. The fourth-order valence-corrected chi connectivity index (χ4v) is 3.78. The number of carbonyl (C=O) groups is 1. The van der Waals surface area contributed by atoms with Crippen molar-refractivity contribution in [2.24, 2.45) is 0 Å². The maximum absolute atomic E-state index is 12.5. The molecular weight excluding hydrogens is 284 g/mol. The van der Waals surface area contributed by atoms with Crippen LogP contribution in [0, 0.1) is 0 Å². The molecule has 0 aliphatic rings. The fourth-order valence-electron chi connectivity index (χ4n) is 2.08. The van der Waals surface area contributed by atoms with Crippen LogP contribution >= 0.6 is 0 Å². The number of aromatic amines is 1. The molecule has 1 unspecified atom stereocenters. The van der Waals surface area contributed by atoms with Gasteiger partial charge in [0.1, 0.15) is 5.56 Å². The van der Waals surface area contributed by atoms with Crippen LogP contribution < -0.4 is 0 Å². The molecule has 0 amide bonds. The number of nitrogens with zero attached hydrogens (tertiary/aromatic N) is 3. The van der Waals surface area contributed by atoms with E-state index in [1.807, 2.05) is 19.0 Å². The summed E-state index contributed by atoms with van der Waals surface area (Å²) in [4.78, 5) is 12.9. The number of likely N-dealkylation sites (N-methyl/N-ethyl adjacent to an activating group) is 2. The lowest BCUT2D eigenvalue weighted by Crippen LogP contribution is -2.44. The van der Waals surface area contributed by atoms with Gasteiger partial charge in [0, 0.05) is 19.1 Å². The van der Waals surface area contributed by atoms with Crippen LogP contribution in [0.2, 0.25) is 0 Å². The zero-order valence-electron chi connectivity index (χ0n) is 12.0. The Kier molecular flexibility index (Phi) is 5.26. The summed E-state index contributed by atoms with van der Waals surface area (Å²) < 4.78 is 26.3. The Hall–Kier alpha value is -1.45. The first-order valence-electron chi connectivity index (χ1n) is 6.15. The molecule has 1 atom stereocenters. The van der Waals surface area contributed by atoms with Gasteiger partial charge in [-0.2, -0.15) is 9.40 Å². The SMILES string of the molecule is CCN(C(C)CN(C)C)S(=O)(=O)c1[nH]ncc1C(=O)O. The van der Waals surface area contributed by atoms with Gasteiger partial charge >= 0.3 is 5.97 Å². The van der Waals surface area contributed by atoms with Crippen LogP contribution in [-0.4, -0.2) is 72.1 Å². The topological polar surface area (TPSA) is 107 Å². The zero-order chi connectivity index (χ0) is 15.5. The highest BCUT2D eigenvalue weighted by atomic mass is 32.2. The van der Waals surface area contributed by atoms with E-state index in [1.54, 1.807) is 13.8 Å². The molecule has 0 saturated heterocycles. The van der Waals surface area contributed by atoms with Crippen molar-refractivity contribution in [2.45, 2.75) is 24.9 Å². The lowest BCUT2D eigenvalue weighted by atomic mass is 10.3. The van der Waals surface area contributed by atoms with Crippen molar-refractivity contribution in [3.63, 3.8) is 0 Å². The zero-order valence-corrected chi connectivity index (χ0v) is 12.8. The van der Waals surface area contributed by atoms with E-state index in [0.717, 1.165) is 6.20 Å². The summed E-state index contributed by atoms with van der Waals surface area (Å²) in [5.74, 6) is -1.33. The van der Waals surface area contributed by atoms with Gasteiger partial charge in [0.15, 0.2) is 5.03 Å². The predicted octanol–water partition coefficient (Wildman–Crippen LogP) is 0.0686. The molecule has 0 spiro atoms. The van der Waals surface area contributed by atoms with Gasteiger partial charge in [-0.1, -0.05) is 6.92 Å². The number of aromatic carboxylic acids is 1. The lowest BCUT2D eigenvalue weighted by Gasteiger charge is -2.28. The minimum atomic E-state index is -3.92. The third-order valence-electron chi connectivity index (χ3n) is 2.83. The van der Waals surface area contributed by atoms with Crippen LogP contribution in [0.4, 0.5) is 0 Å². The number of rotatable bonds is 7. The molecule has 2 N–H and O–H groups in total. The number of sulfonamides is 1. The van der Waals surface area contributed by atoms with Gasteiger partial charge in [-0.25, -0.2) is 13.2 Å². The first-order valence-corrected chi connectivity index (χ1v) is 7.59. The first kappa shape index (κ1) is 16.6. The maximum atomic E-state index is 12.5. The summed E-state index contributed by atoms with van der Waals surface area (Å²) in [5, 5.41) is 14.4. The molecule has 0 radical (unpaired) electrons. The van der Waals surface area contributed by atoms with Crippen molar-refractivity contribution in [3.05, 3.63) is 11.8 Å². The molecule has 1 aromatic rings. The number of carboxylic acids is 1. The van der Waals surface area contributed by atoms with E-state index in [2.05, 4.69) is 10.2 Å². The summed E-state index contributed by atoms with van der Waals surface area (Å²) in [6.45, 7) is 4.26. The Balaban J connectivity index is 3.18. The predicted molar refractivity (Wildman–Crippen MR) is 73.1 cm³/mol. The van der Waals surface area contributed by atoms with Gasteiger partial charge in [0.05, 0.1) is 6.20 Å². The Morgan fingerprint density at radius 2 is 2.10 bits per heavy atom. The summed E-state index contributed by atoms with van der Waals surface area (Å²) in [6.07, 6.45) is 1.000. The number of carboxylic acid groups (broad SMARTS) is 1. The van der Waals surface area contributed by atoms with Crippen LogP contribution in [0.5, 0.6) is 0 Å². The molecule has 8 nitrogen and oxygen atoms in total. The fraction of sp³-hybridized carbons (Fsp3) is 0.636. The van der Waals surface area contributed by atoms with Crippen molar-refractivity contribution in [3.8, 4) is 0 Å². The quantitative estimate of drug-likeness (QED) is 0.738. The van der Waals surface area contributed by atoms with Crippen LogP contribution in [0.15, 0.2) is 11.2 Å². The van der Waals surface area contributed by atoms with Crippen molar-refractivity contribution < 1.29 is 18.3 Å². The number of hydrogen-bond acceptors (Lipinski definition) is 5. The second kappa shape index (κ2) is 6.33. The van der Waals surface area contributed by atoms with E-state index in [4.69, 9.17) is 5.11 Å². The Morgan fingerprint density at radius 1 is 1.50 bits per heavy atom. The standard InChI is InChI=1S/C11H20N4O4S/c1-5-15(8(2)7-14(3)4)20(18,19)10-9(11(16)17)6-12-13-10/h6,8H,5,7H2,1-4H3,(H,12,13)(H,16,17). The largest absolute Gasteiger partial charge is 0.478 e. The normalized spacial score (nSPS) is 13.9. The molecule has 0 fully saturated rings. The summed E-state index contributed by atoms with van der Waals surface area (Å²) in [5.41, 5.74) is -0.347. The van der Waals surface area contributed by atoms with Crippen LogP contribution in [0.3, 0.4) is 0 Å². The number of hydrogen-bond donors (Lipinski definition) is 2. The monoisotopic (exact) mass is 304 g/mol. The lowest BCUT2D eigenvalue weighted by molar-refractivity contribution is 0.0692. The minimum Gasteiger partial charge on any atom is -0.478 e. The van der Waals surface area contributed by atoms with Crippen molar-refractivity contribution >= 4 is 16.0 Å². The number of H-pyrrole nitrogens is 1. The molecule has 20 heavy (non-hydrogen) atoms. The van der Waals surface area contributed by atoms with E-state index in [0.29, 0.717) is 6.54 Å². The summed E-state index contributed by atoms with van der Waals surface area (Å²) in [6, 6.07) is -0.287. The average molecular weight is 304 g/mol. The third-order valence-corrected chi connectivity index (χ3v) is 4.90. The van der Waals surface area contributed by atoms with Crippen LogP contribution in [0.1, 0.15) is 24.2 Å².